The number of benzene rings is 1. The minimum absolute atomic E-state index is 0.227. The van der Waals surface area contributed by atoms with Crippen molar-refractivity contribution in [1.29, 1.82) is 0 Å². The SMILES string of the molecule is C=C(NC(C)Cc1cc(OC)c(CCBr)cc1OC)C(F)(F)P.CC. The molecule has 0 fully saturated rings. The van der Waals surface area contributed by atoms with Crippen molar-refractivity contribution < 1.29 is 18.3 Å². The topological polar surface area (TPSA) is 30.5 Å². The average molecular weight is 440 g/mol. The maximum absolute atomic E-state index is 13.2. The zero-order chi connectivity index (χ0) is 19.6. The predicted molar refractivity (Wildman–Crippen MR) is 108 cm³/mol. The predicted octanol–water partition coefficient (Wildman–Crippen LogP) is 5.17. The van der Waals surface area contributed by atoms with E-state index in [9.17, 15) is 8.78 Å². The summed E-state index contributed by atoms with van der Waals surface area (Å²) in [6, 6.07) is 3.60. The Morgan fingerprint density at radius 1 is 1.24 bits per heavy atom. The van der Waals surface area contributed by atoms with Gasteiger partial charge in [0.15, 0.2) is 0 Å². The van der Waals surface area contributed by atoms with E-state index in [1.165, 1.54) is 9.24 Å². The molecule has 0 aliphatic carbocycles. The van der Waals surface area contributed by atoms with E-state index in [1.807, 2.05) is 32.9 Å². The first kappa shape index (κ1) is 24.1. The molecule has 0 aliphatic heterocycles. The lowest BCUT2D eigenvalue weighted by atomic mass is 10.0. The number of hydrogen-bond donors (Lipinski definition) is 1. The molecule has 144 valence electrons. The fraction of sp³-hybridized carbons (Fsp3) is 0.556. The molecule has 1 rings (SSSR count). The number of hydrogen-bond acceptors (Lipinski definition) is 3. The minimum Gasteiger partial charge on any atom is -0.496 e. The van der Waals surface area contributed by atoms with Gasteiger partial charge in [0.1, 0.15) is 11.5 Å². The number of allylic oxidation sites excluding steroid dienone is 1. The van der Waals surface area contributed by atoms with Crippen molar-refractivity contribution in [2.45, 2.75) is 45.3 Å². The Balaban J connectivity index is 0.00000277. The van der Waals surface area contributed by atoms with Crippen LogP contribution in [-0.4, -0.2) is 31.3 Å². The van der Waals surface area contributed by atoms with E-state index < -0.39 is 5.66 Å². The lowest BCUT2D eigenvalue weighted by molar-refractivity contribution is 0.136. The number of alkyl halides is 3. The molecule has 0 amide bonds. The smallest absolute Gasteiger partial charge is 0.297 e. The first-order valence-corrected chi connectivity index (χ1v) is 9.85. The van der Waals surface area contributed by atoms with Crippen molar-refractivity contribution in [3.63, 3.8) is 0 Å². The Labute approximate surface area is 160 Å². The normalized spacial score (nSPS) is 11.9. The molecule has 0 bridgehead atoms. The van der Waals surface area contributed by atoms with Gasteiger partial charge >= 0.3 is 0 Å². The summed E-state index contributed by atoms with van der Waals surface area (Å²) in [5, 5.41) is 3.54. The average Bonchev–Trinajstić information content (AvgIpc) is 2.56. The highest BCUT2D eigenvalue weighted by Crippen LogP contribution is 2.32. The number of ether oxygens (including phenoxy) is 2. The second kappa shape index (κ2) is 11.7. The zero-order valence-electron chi connectivity index (χ0n) is 15.6. The van der Waals surface area contributed by atoms with Crippen molar-refractivity contribution in [2.75, 3.05) is 19.5 Å². The summed E-state index contributed by atoms with van der Waals surface area (Å²) in [5.74, 6) is 1.49. The summed E-state index contributed by atoms with van der Waals surface area (Å²) < 4.78 is 37.2. The summed E-state index contributed by atoms with van der Waals surface area (Å²) in [6.07, 6.45) is 1.32. The maximum Gasteiger partial charge on any atom is 0.297 e. The highest BCUT2D eigenvalue weighted by atomic mass is 79.9. The Morgan fingerprint density at radius 3 is 2.16 bits per heavy atom. The lowest BCUT2D eigenvalue weighted by Crippen LogP contribution is -2.33. The highest BCUT2D eigenvalue weighted by Gasteiger charge is 2.27. The molecule has 7 heteroatoms. The van der Waals surface area contributed by atoms with Gasteiger partial charge in [-0.05, 0) is 43.0 Å². The highest BCUT2D eigenvalue weighted by molar-refractivity contribution is 9.09. The summed E-state index contributed by atoms with van der Waals surface area (Å²) in [4.78, 5) is 0. The molecule has 0 saturated heterocycles. The van der Waals surface area contributed by atoms with Crippen LogP contribution in [0.15, 0.2) is 24.4 Å². The van der Waals surface area contributed by atoms with E-state index in [0.717, 1.165) is 34.4 Å². The van der Waals surface area contributed by atoms with Gasteiger partial charge in [0.2, 0.25) is 0 Å². The molecule has 0 aromatic heterocycles. The first-order chi connectivity index (χ1) is 11.7. The van der Waals surface area contributed by atoms with E-state index in [4.69, 9.17) is 9.47 Å². The van der Waals surface area contributed by atoms with Crippen LogP contribution in [-0.2, 0) is 12.8 Å². The molecule has 1 aromatic rings. The first-order valence-electron chi connectivity index (χ1n) is 8.15. The lowest BCUT2D eigenvalue weighted by Gasteiger charge is -2.22. The Kier molecular flexibility index (Phi) is 11.3. The van der Waals surface area contributed by atoms with Gasteiger partial charge in [-0.3, -0.25) is 0 Å². The third-order valence-electron chi connectivity index (χ3n) is 3.40. The Hall–Kier alpha value is -0.870. The van der Waals surface area contributed by atoms with Crippen LogP contribution in [0.1, 0.15) is 31.9 Å². The molecule has 0 radical (unpaired) electrons. The molecule has 3 nitrogen and oxygen atoms in total. The summed E-state index contributed by atoms with van der Waals surface area (Å²) in [6.45, 7) is 9.20. The van der Waals surface area contributed by atoms with Crippen LogP contribution in [0.3, 0.4) is 0 Å². The fourth-order valence-corrected chi connectivity index (χ4v) is 2.77. The number of nitrogens with one attached hydrogen (secondary N) is 1. The van der Waals surface area contributed by atoms with E-state index in [-0.39, 0.29) is 11.7 Å². The van der Waals surface area contributed by atoms with Gasteiger partial charge in [-0.2, -0.15) is 8.78 Å². The van der Waals surface area contributed by atoms with Gasteiger partial charge in [-0.15, -0.1) is 0 Å². The third-order valence-corrected chi connectivity index (χ3v) is 4.14. The molecule has 0 heterocycles. The number of methoxy groups -OCH3 is 2. The van der Waals surface area contributed by atoms with Gasteiger partial charge in [0.05, 0.1) is 19.9 Å². The monoisotopic (exact) mass is 439 g/mol. The third kappa shape index (κ3) is 7.91. The Bertz CT molecular complexity index is 551. The van der Waals surface area contributed by atoms with E-state index >= 15 is 0 Å². The van der Waals surface area contributed by atoms with Gasteiger partial charge in [0, 0.05) is 11.4 Å². The van der Waals surface area contributed by atoms with E-state index in [2.05, 4.69) is 27.8 Å². The second-order valence-corrected chi connectivity index (χ2v) is 6.78. The second-order valence-electron chi connectivity index (χ2n) is 5.27. The van der Waals surface area contributed by atoms with Crippen LogP contribution < -0.4 is 14.8 Å². The zero-order valence-corrected chi connectivity index (χ0v) is 18.3. The van der Waals surface area contributed by atoms with Gasteiger partial charge in [0.25, 0.3) is 5.66 Å². The van der Waals surface area contributed by atoms with Crippen molar-refractivity contribution in [2.24, 2.45) is 0 Å². The van der Waals surface area contributed by atoms with Crippen LogP contribution in [0, 0.1) is 0 Å². The molecule has 2 atom stereocenters. The van der Waals surface area contributed by atoms with Crippen molar-refractivity contribution in [3.8, 4) is 11.5 Å². The molecular formula is C18H29BrF2NO2P. The van der Waals surface area contributed by atoms with Crippen LogP contribution in [0.4, 0.5) is 8.78 Å². The summed E-state index contributed by atoms with van der Waals surface area (Å²) in [5.41, 5.74) is -1.43. The molecule has 25 heavy (non-hydrogen) atoms. The van der Waals surface area contributed by atoms with Gasteiger partial charge < -0.3 is 14.8 Å². The van der Waals surface area contributed by atoms with Crippen LogP contribution in [0.25, 0.3) is 0 Å². The van der Waals surface area contributed by atoms with Crippen LogP contribution >= 0.6 is 25.2 Å². The molecule has 0 saturated carbocycles. The molecule has 0 aliphatic rings. The molecule has 0 spiro atoms. The van der Waals surface area contributed by atoms with E-state index in [0.29, 0.717) is 6.42 Å². The molecular weight excluding hydrogens is 411 g/mol. The summed E-state index contributed by atoms with van der Waals surface area (Å²) >= 11 is 3.41. The largest absolute Gasteiger partial charge is 0.496 e. The van der Waals surface area contributed by atoms with Crippen LogP contribution in [0.2, 0.25) is 0 Å². The van der Waals surface area contributed by atoms with Crippen molar-refractivity contribution in [1.82, 2.24) is 5.32 Å². The quantitative estimate of drug-likeness (QED) is 0.425. The standard InChI is InChI=1S/C16H23BrF2NO2P.C2H6/c1-10(20-11(2)16(18,19)23)7-13-9-14(21-3)12(5-6-17)8-15(13)22-4;1-2/h8-10,20H,2,5-7,23H2,1,3-4H3;1-2H3. The van der Waals surface area contributed by atoms with Gasteiger partial charge in [-0.1, -0.05) is 45.6 Å². The molecule has 2 unspecified atom stereocenters. The fourth-order valence-electron chi connectivity index (χ4n) is 2.26. The minimum atomic E-state index is -3.03. The van der Waals surface area contributed by atoms with Crippen LogP contribution in [0.5, 0.6) is 11.5 Å². The molecule has 1 aromatic carbocycles. The number of rotatable bonds is 9. The van der Waals surface area contributed by atoms with E-state index in [1.54, 1.807) is 14.2 Å². The summed E-state index contributed by atoms with van der Waals surface area (Å²) in [7, 11) is 4.68. The number of halogens is 3. The van der Waals surface area contributed by atoms with Gasteiger partial charge in [-0.25, -0.2) is 0 Å². The maximum atomic E-state index is 13.2. The van der Waals surface area contributed by atoms with Crippen molar-refractivity contribution >= 4 is 25.2 Å². The molecule has 1 N–H and O–H groups in total. The van der Waals surface area contributed by atoms with Crippen molar-refractivity contribution in [3.05, 3.63) is 35.5 Å². The Morgan fingerprint density at radius 2 is 1.72 bits per heavy atom. The number of aryl methyl sites for hydroxylation is 1.